The molecule has 0 unspecified atom stereocenters. The first-order valence-corrected chi connectivity index (χ1v) is 11.5. The van der Waals surface area contributed by atoms with Gasteiger partial charge in [0, 0.05) is 22.0 Å². The van der Waals surface area contributed by atoms with Crippen molar-refractivity contribution < 1.29 is 0 Å². The van der Waals surface area contributed by atoms with Gasteiger partial charge in [-0.2, -0.15) is 0 Å². The van der Waals surface area contributed by atoms with E-state index in [4.69, 9.17) is 4.98 Å². The molecule has 3 heteroatoms. The second kappa shape index (κ2) is 7.46. The van der Waals surface area contributed by atoms with Crippen molar-refractivity contribution in [1.82, 2.24) is 14.1 Å². The quantitative estimate of drug-likeness (QED) is 0.278. The van der Waals surface area contributed by atoms with Crippen molar-refractivity contribution in [3.8, 4) is 22.8 Å². The summed E-state index contributed by atoms with van der Waals surface area (Å²) in [6, 6.07) is 44.6. The Balaban J connectivity index is 1.66. The minimum atomic E-state index is 0.940. The van der Waals surface area contributed by atoms with Crippen molar-refractivity contribution in [3.05, 3.63) is 127 Å². The summed E-state index contributed by atoms with van der Waals surface area (Å²) in [5, 5.41) is 2.51. The topological polar surface area (TPSA) is 22.8 Å². The van der Waals surface area contributed by atoms with Gasteiger partial charge in [-0.05, 0) is 36.4 Å². The highest BCUT2D eigenvalue weighted by Crippen LogP contribution is 2.37. The van der Waals surface area contributed by atoms with Crippen LogP contribution in [0, 0.1) is 0 Å². The fourth-order valence-electron chi connectivity index (χ4n) is 5.08. The Hall–Kier alpha value is -4.63. The van der Waals surface area contributed by atoms with Gasteiger partial charge in [-0.3, -0.25) is 4.57 Å². The first kappa shape index (κ1) is 18.9. The molecular weight excluding hydrogens is 414 g/mol. The zero-order valence-corrected chi connectivity index (χ0v) is 18.5. The van der Waals surface area contributed by atoms with E-state index in [0.717, 1.165) is 33.8 Å². The minimum absolute atomic E-state index is 0.940. The van der Waals surface area contributed by atoms with E-state index < -0.39 is 0 Å². The molecule has 0 radical (unpaired) electrons. The molecule has 5 aromatic carbocycles. The number of para-hydroxylation sites is 4. The summed E-state index contributed by atoms with van der Waals surface area (Å²) in [7, 11) is 0. The lowest BCUT2D eigenvalue weighted by Crippen LogP contribution is -2.02. The molecule has 0 aliphatic carbocycles. The molecule has 0 saturated carbocycles. The number of fused-ring (bicyclic) bond motifs is 4. The molecule has 0 fully saturated rings. The molecular formula is C31H21N3. The van der Waals surface area contributed by atoms with Crippen molar-refractivity contribution in [2.45, 2.75) is 0 Å². The Morgan fingerprint density at radius 1 is 0.471 bits per heavy atom. The van der Waals surface area contributed by atoms with Crippen LogP contribution in [0.5, 0.6) is 0 Å². The van der Waals surface area contributed by atoms with Gasteiger partial charge in [-0.25, -0.2) is 4.98 Å². The molecule has 0 N–H and O–H groups in total. The van der Waals surface area contributed by atoms with Crippen molar-refractivity contribution in [1.29, 1.82) is 0 Å². The molecule has 34 heavy (non-hydrogen) atoms. The molecule has 0 amide bonds. The average Bonchev–Trinajstić information content (AvgIpc) is 3.46. The second-order valence-electron chi connectivity index (χ2n) is 8.49. The van der Waals surface area contributed by atoms with Crippen LogP contribution < -0.4 is 0 Å². The Morgan fingerprint density at radius 2 is 1.06 bits per heavy atom. The molecule has 2 heterocycles. The van der Waals surface area contributed by atoms with E-state index in [1.807, 2.05) is 6.07 Å². The normalized spacial score (nSPS) is 11.5. The molecule has 0 aliphatic rings. The number of benzene rings is 5. The van der Waals surface area contributed by atoms with Gasteiger partial charge >= 0.3 is 0 Å². The van der Waals surface area contributed by atoms with E-state index in [2.05, 4.69) is 130 Å². The summed E-state index contributed by atoms with van der Waals surface area (Å²) >= 11 is 0. The summed E-state index contributed by atoms with van der Waals surface area (Å²) in [6.45, 7) is 0. The number of hydrogen-bond donors (Lipinski definition) is 0. The Kier molecular flexibility index (Phi) is 4.15. The molecule has 160 valence electrons. The average molecular weight is 436 g/mol. The summed E-state index contributed by atoms with van der Waals surface area (Å²) < 4.78 is 4.67. The number of aromatic nitrogens is 3. The van der Waals surface area contributed by atoms with Crippen LogP contribution in [0.2, 0.25) is 0 Å². The Morgan fingerprint density at radius 3 is 1.74 bits per heavy atom. The van der Waals surface area contributed by atoms with Gasteiger partial charge in [0.1, 0.15) is 5.82 Å². The molecule has 2 aromatic heterocycles. The van der Waals surface area contributed by atoms with Crippen LogP contribution >= 0.6 is 0 Å². The maximum Gasteiger partial charge on any atom is 0.145 e. The van der Waals surface area contributed by atoms with Gasteiger partial charge in [0.25, 0.3) is 0 Å². The molecule has 0 bridgehead atoms. The molecule has 0 atom stereocenters. The number of nitrogens with zero attached hydrogens (tertiary/aromatic N) is 3. The third kappa shape index (κ3) is 2.74. The Labute approximate surface area is 197 Å². The molecule has 7 rings (SSSR count). The van der Waals surface area contributed by atoms with Crippen LogP contribution in [0.4, 0.5) is 0 Å². The monoisotopic (exact) mass is 435 g/mol. The van der Waals surface area contributed by atoms with Crippen LogP contribution in [0.15, 0.2) is 127 Å². The van der Waals surface area contributed by atoms with Crippen LogP contribution in [-0.2, 0) is 0 Å². The lowest BCUT2D eigenvalue weighted by molar-refractivity contribution is 1.08. The smallest absolute Gasteiger partial charge is 0.145 e. The third-order valence-corrected chi connectivity index (χ3v) is 6.52. The summed E-state index contributed by atoms with van der Waals surface area (Å²) in [4.78, 5) is 5.14. The highest BCUT2D eigenvalue weighted by Gasteiger charge is 2.20. The van der Waals surface area contributed by atoms with E-state index in [1.54, 1.807) is 0 Å². The minimum Gasteiger partial charge on any atom is -0.307 e. The van der Waals surface area contributed by atoms with Crippen LogP contribution in [0.25, 0.3) is 55.6 Å². The van der Waals surface area contributed by atoms with Gasteiger partial charge in [0.2, 0.25) is 0 Å². The van der Waals surface area contributed by atoms with Crippen molar-refractivity contribution in [2.24, 2.45) is 0 Å². The second-order valence-corrected chi connectivity index (χ2v) is 8.49. The number of rotatable bonds is 3. The van der Waals surface area contributed by atoms with Crippen LogP contribution in [0.3, 0.4) is 0 Å². The zero-order chi connectivity index (χ0) is 22.5. The van der Waals surface area contributed by atoms with E-state index in [1.165, 1.54) is 21.8 Å². The zero-order valence-electron chi connectivity index (χ0n) is 18.5. The van der Waals surface area contributed by atoms with Crippen molar-refractivity contribution in [3.63, 3.8) is 0 Å². The van der Waals surface area contributed by atoms with E-state index in [0.29, 0.717) is 0 Å². The SMILES string of the molecule is c1ccc(-c2nc3cccc(-n4c5ccccc5c5ccccc54)c3n2-c2ccccc2)cc1. The lowest BCUT2D eigenvalue weighted by atomic mass is 10.2. The van der Waals surface area contributed by atoms with E-state index >= 15 is 0 Å². The molecule has 0 aliphatic heterocycles. The van der Waals surface area contributed by atoms with Crippen molar-refractivity contribution in [2.75, 3.05) is 0 Å². The summed E-state index contributed by atoms with van der Waals surface area (Å²) in [5.41, 5.74) is 7.76. The van der Waals surface area contributed by atoms with Gasteiger partial charge in [0.15, 0.2) is 0 Å². The predicted molar refractivity (Wildman–Crippen MR) is 141 cm³/mol. The first-order valence-electron chi connectivity index (χ1n) is 11.5. The fraction of sp³-hybridized carbons (Fsp3) is 0. The van der Waals surface area contributed by atoms with Crippen LogP contribution in [0.1, 0.15) is 0 Å². The molecule has 7 aromatic rings. The summed E-state index contributed by atoms with van der Waals surface area (Å²) in [6.07, 6.45) is 0. The Bertz CT molecular complexity index is 1740. The lowest BCUT2D eigenvalue weighted by Gasteiger charge is -2.14. The molecule has 3 nitrogen and oxygen atoms in total. The largest absolute Gasteiger partial charge is 0.307 e. The maximum absolute atomic E-state index is 5.14. The van der Waals surface area contributed by atoms with Gasteiger partial charge in [-0.15, -0.1) is 0 Å². The first-order chi connectivity index (χ1) is 16.9. The number of hydrogen-bond acceptors (Lipinski definition) is 1. The molecule has 0 spiro atoms. The fourth-order valence-corrected chi connectivity index (χ4v) is 5.08. The van der Waals surface area contributed by atoms with Gasteiger partial charge in [0.05, 0.1) is 27.8 Å². The standard InChI is InChI=1S/C31H21N3/c1-3-12-22(13-4-1)31-32-26-18-11-21-29(30(26)33(31)23-14-5-2-6-15-23)34-27-19-9-7-16-24(27)25-17-8-10-20-28(25)34/h1-21H. The maximum atomic E-state index is 5.14. The van der Waals surface area contributed by atoms with Gasteiger partial charge in [-0.1, -0.05) is 91.0 Å². The third-order valence-electron chi connectivity index (χ3n) is 6.52. The van der Waals surface area contributed by atoms with Crippen LogP contribution in [-0.4, -0.2) is 14.1 Å². The number of imidazole rings is 1. The van der Waals surface area contributed by atoms with Crippen molar-refractivity contribution >= 4 is 32.8 Å². The highest BCUT2D eigenvalue weighted by molar-refractivity contribution is 6.10. The molecule has 0 saturated heterocycles. The van der Waals surface area contributed by atoms with Gasteiger partial charge < -0.3 is 4.57 Å². The van der Waals surface area contributed by atoms with E-state index in [9.17, 15) is 0 Å². The van der Waals surface area contributed by atoms with E-state index in [-0.39, 0.29) is 0 Å². The highest BCUT2D eigenvalue weighted by atomic mass is 15.1. The predicted octanol–water partition coefficient (Wildman–Crippen LogP) is 7.79. The summed E-state index contributed by atoms with van der Waals surface area (Å²) in [5.74, 6) is 0.940.